The zero-order chi connectivity index (χ0) is 11.6. The third-order valence-corrected chi connectivity index (χ3v) is 2.18. The highest BCUT2D eigenvalue weighted by molar-refractivity contribution is 5.11. The minimum Gasteiger partial charge on any atom is -0.329 e. The molecular formula is C9H14F3N3. The first-order chi connectivity index (χ1) is 6.88. The highest BCUT2D eigenvalue weighted by atomic mass is 19.4. The van der Waals surface area contributed by atoms with Crippen LogP contribution in [0.15, 0.2) is 12.3 Å². The molecule has 6 heteroatoms. The topological polar surface area (TPSA) is 43.8 Å². The van der Waals surface area contributed by atoms with Crippen molar-refractivity contribution in [3.63, 3.8) is 0 Å². The molecule has 2 N–H and O–H groups in total. The van der Waals surface area contributed by atoms with Gasteiger partial charge in [0.1, 0.15) is 5.92 Å². The number of nitrogens with two attached hydrogens (primary N) is 1. The second-order valence-corrected chi connectivity index (χ2v) is 3.62. The normalized spacial score (nSPS) is 14.6. The number of hydrogen-bond acceptors (Lipinski definition) is 2. The lowest BCUT2D eigenvalue weighted by molar-refractivity contribution is -0.149. The largest absolute Gasteiger partial charge is 0.398 e. The molecule has 3 nitrogen and oxygen atoms in total. The van der Waals surface area contributed by atoms with Crippen LogP contribution in [0.2, 0.25) is 0 Å². The van der Waals surface area contributed by atoms with E-state index in [1.54, 1.807) is 13.8 Å². The maximum absolute atomic E-state index is 12.6. The SMILES string of the molecule is CC(C)n1nccc1C(CN)C(F)(F)F. The standard InChI is InChI=1S/C9H14F3N3/c1-6(2)15-8(3-4-14-15)7(5-13)9(10,11)12/h3-4,6-7H,5,13H2,1-2H3. The molecule has 0 amide bonds. The summed E-state index contributed by atoms with van der Waals surface area (Å²) in [4.78, 5) is 0. The van der Waals surface area contributed by atoms with Gasteiger partial charge in [0.25, 0.3) is 0 Å². The Morgan fingerprint density at radius 3 is 2.47 bits per heavy atom. The van der Waals surface area contributed by atoms with Gasteiger partial charge in [-0.25, -0.2) is 0 Å². The van der Waals surface area contributed by atoms with Crippen molar-refractivity contribution in [3.8, 4) is 0 Å². The Hall–Kier alpha value is -1.04. The lowest BCUT2D eigenvalue weighted by Crippen LogP contribution is -2.30. The van der Waals surface area contributed by atoms with E-state index in [1.807, 2.05) is 0 Å². The van der Waals surface area contributed by atoms with Crippen LogP contribution in [0.25, 0.3) is 0 Å². The van der Waals surface area contributed by atoms with Crippen LogP contribution in [0, 0.1) is 0 Å². The summed E-state index contributed by atoms with van der Waals surface area (Å²) in [5, 5.41) is 3.86. The van der Waals surface area contributed by atoms with Gasteiger partial charge < -0.3 is 5.73 Å². The highest BCUT2D eigenvalue weighted by Crippen LogP contribution is 2.34. The molecule has 1 unspecified atom stereocenters. The average Bonchev–Trinajstić information content (AvgIpc) is 2.51. The van der Waals surface area contributed by atoms with Gasteiger partial charge in [0.15, 0.2) is 0 Å². The zero-order valence-corrected chi connectivity index (χ0v) is 8.62. The van der Waals surface area contributed by atoms with E-state index in [0.717, 1.165) is 0 Å². The summed E-state index contributed by atoms with van der Waals surface area (Å²) in [5.74, 6) is -1.64. The van der Waals surface area contributed by atoms with Crippen LogP contribution in [0.5, 0.6) is 0 Å². The van der Waals surface area contributed by atoms with E-state index in [1.165, 1.54) is 16.9 Å². The molecule has 0 aromatic carbocycles. The van der Waals surface area contributed by atoms with Crippen molar-refractivity contribution >= 4 is 0 Å². The number of nitrogens with zero attached hydrogens (tertiary/aromatic N) is 2. The first-order valence-electron chi connectivity index (χ1n) is 4.68. The van der Waals surface area contributed by atoms with Gasteiger partial charge >= 0.3 is 6.18 Å². The van der Waals surface area contributed by atoms with Gasteiger partial charge in [0.05, 0.1) is 5.69 Å². The molecular weight excluding hydrogens is 207 g/mol. The average molecular weight is 221 g/mol. The Morgan fingerprint density at radius 2 is 2.07 bits per heavy atom. The zero-order valence-electron chi connectivity index (χ0n) is 8.62. The molecule has 15 heavy (non-hydrogen) atoms. The number of aromatic nitrogens is 2. The Kier molecular flexibility index (Phi) is 3.38. The first kappa shape index (κ1) is 12.0. The Morgan fingerprint density at radius 1 is 1.47 bits per heavy atom. The lowest BCUT2D eigenvalue weighted by Gasteiger charge is -2.21. The van der Waals surface area contributed by atoms with Gasteiger partial charge in [-0.05, 0) is 19.9 Å². The summed E-state index contributed by atoms with van der Waals surface area (Å²) in [7, 11) is 0. The van der Waals surface area contributed by atoms with Gasteiger partial charge in [-0.2, -0.15) is 18.3 Å². The molecule has 1 aromatic heterocycles. The fraction of sp³-hybridized carbons (Fsp3) is 0.667. The van der Waals surface area contributed by atoms with E-state index < -0.39 is 18.6 Å². The smallest absolute Gasteiger partial charge is 0.329 e. The van der Waals surface area contributed by atoms with Crippen molar-refractivity contribution in [2.75, 3.05) is 6.54 Å². The molecule has 0 aliphatic rings. The Balaban J connectivity index is 3.07. The van der Waals surface area contributed by atoms with Crippen LogP contribution in [-0.2, 0) is 0 Å². The number of alkyl halides is 3. The van der Waals surface area contributed by atoms with E-state index in [-0.39, 0.29) is 11.7 Å². The number of hydrogen-bond donors (Lipinski definition) is 1. The van der Waals surface area contributed by atoms with E-state index in [9.17, 15) is 13.2 Å². The maximum atomic E-state index is 12.6. The Labute approximate surface area is 86.1 Å². The van der Waals surface area contributed by atoms with Gasteiger partial charge in [-0.1, -0.05) is 0 Å². The predicted octanol–water partition coefficient (Wildman–Crippen LogP) is 2.07. The molecule has 0 fully saturated rings. The van der Waals surface area contributed by atoms with Crippen LogP contribution in [0.4, 0.5) is 13.2 Å². The van der Waals surface area contributed by atoms with Crippen molar-refractivity contribution < 1.29 is 13.2 Å². The second-order valence-electron chi connectivity index (χ2n) is 3.62. The molecule has 0 radical (unpaired) electrons. The quantitative estimate of drug-likeness (QED) is 0.849. The van der Waals surface area contributed by atoms with Gasteiger partial charge in [0.2, 0.25) is 0 Å². The predicted molar refractivity (Wildman–Crippen MR) is 50.5 cm³/mol. The molecule has 0 saturated carbocycles. The van der Waals surface area contributed by atoms with E-state index in [2.05, 4.69) is 5.10 Å². The van der Waals surface area contributed by atoms with Crippen molar-refractivity contribution in [1.82, 2.24) is 9.78 Å². The maximum Gasteiger partial charge on any atom is 0.398 e. The molecule has 0 aliphatic heterocycles. The third-order valence-electron chi connectivity index (χ3n) is 2.18. The fourth-order valence-corrected chi connectivity index (χ4v) is 1.45. The first-order valence-corrected chi connectivity index (χ1v) is 4.68. The fourth-order valence-electron chi connectivity index (χ4n) is 1.45. The summed E-state index contributed by atoms with van der Waals surface area (Å²) in [6.45, 7) is 3.10. The van der Waals surface area contributed by atoms with Crippen molar-refractivity contribution in [3.05, 3.63) is 18.0 Å². The van der Waals surface area contributed by atoms with Crippen LogP contribution in [0.1, 0.15) is 31.5 Å². The minimum atomic E-state index is -4.32. The molecule has 1 heterocycles. The van der Waals surface area contributed by atoms with Crippen LogP contribution >= 0.6 is 0 Å². The monoisotopic (exact) mass is 221 g/mol. The second kappa shape index (κ2) is 4.22. The van der Waals surface area contributed by atoms with Gasteiger partial charge in [-0.3, -0.25) is 4.68 Å². The summed E-state index contributed by atoms with van der Waals surface area (Å²) < 4.78 is 39.2. The molecule has 1 atom stereocenters. The highest BCUT2D eigenvalue weighted by Gasteiger charge is 2.41. The summed E-state index contributed by atoms with van der Waals surface area (Å²) in [6, 6.07) is 1.26. The van der Waals surface area contributed by atoms with E-state index in [0.29, 0.717) is 0 Å². The summed E-state index contributed by atoms with van der Waals surface area (Å²) in [6.07, 6.45) is -2.95. The molecule has 86 valence electrons. The van der Waals surface area contributed by atoms with E-state index in [4.69, 9.17) is 5.73 Å². The van der Waals surface area contributed by atoms with Crippen molar-refractivity contribution in [2.45, 2.75) is 32.0 Å². The summed E-state index contributed by atoms with van der Waals surface area (Å²) >= 11 is 0. The molecule has 1 aromatic rings. The lowest BCUT2D eigenvalue weighted by atomic mass is 10.1. The van der Waals surface area contributed by atoms with Gasteiger partial charge in [-0.15, -0.1) is 0 Å². The van der Waals surface area contributed by atoms with Crippen molar-refractivity contribution in [2.24, 2.45) is 5.73 Å². The summed E-state index contributed by atoms with van der Waals surface area (Å²) in [5.41, 5.74) is 5.28. The van der Waals surface area contributed by atoms with Crippen LogP contribution in [0.3, 0.4) is 0 Å². The number of halogens is 3. The molecule has 0 spiro atoms. The number of rotatable bonds is 3. The van der Waals surface area contributed by atoms with E-state index >= 15 is 0 Å². The molecule has 1 rings (SSSR count). The van der Waals surface area contributed by atoms with Crippen LogP contribution in [-0.4, -0.2) is 22.5 Å². The third kappa shape index (κ3) is 2.50. The Bertz CT molecular complexity index is 317. The van der Waals surface area contributed by atoms with Crippen LogP contribution < -0.4 is 5.73 Å². The molecule has 0 aliphatic carbocycles. The van der Waals surface area contributed by atoms with Crippen molar-refractivity contribution in [1.29, 1.82) is 0 Å². The minimum absolute atomic E-state index is 0.105. The molecule has 0 bridgehead atoms. The van der Waals surface area contributed by atoms with Gasteiger partial charge in [0, 0.05) is 18.8 Å². The molecule has 0 saturated heterocycles.